The fraction of sp³-hybridized carbons (Fsp3) is 0.391. The van der Waals surface area contributed by atoms with Crippen molar-refractivity contribution in [3.05, 3.63) is 59.7 Å². The predicted octanol–water partition coefficient (Wildman–Crippen LogP) is 4.08. The van der Waals surface area contributed by atoms with Crippen LogP contribution in [0, 0.1) is 12.7 Å². The van der Waals surface area contributed by atoms with Crippen LogP contribution < -0.4 is 5.32 Å². The van der Waals surface area contributed by atoms with Gasteiger partial charge in [-0.05, 0) is 62.6 Å². The van der Waals surface area contributed by atoms with Gasteiger partial charge in [-0.2, -0.15) is 5.10 Å². The molecule has 1 aromatic heterocycles. The number of aromatic nitrogens is 2. The predicted molar refractivity (Wildman–Crippen MR) is 113 cm³/mol. The summed E-state index contributed by atoms with van der Waals surface area (Å²) in [7, 11) is 0. The molecule has 1 aliphatic rings. The fourth-order valence-electron chi connectivity index (χ4n) is 4.03. The second kappa shape index (κ2) is 7.95. The third-order valence-corrected chi connectivity index (χ3v) is 5.70. The molecule has 1 amide bonds. The number of carbonyl (C=O) groups is 1. The summed E-state index contributed by atoms with van der Waals surface area (Å²) >= 11 is 0. The number of carbonyl (C=O) groups excluding carboxylic acids is 1. The van der Waals surface area contributed by atoms with Crippen molar-refractivity contribution in [2.75, 3.05) is 13.1 Å². The molecule has 1 aliphatic heterocycles. The van der Waals surface area contributed by atoms with Crippen molar-refractivity contribution in [1.29, 1.82) is 0 Å². The van der Waals surface area contributed by atoms with Crippen LogP contribution in [-0.2, 0) is 0 Å². The molecule has 0 radical (unpaired) electrons. The van der Waals surface area contributed by atoms with Crippen LogP contribution in [0.4, 0.5) is 4.39 Å². The lowest BCUT2D eigenvalue weighted by Crippen LogP contribution is -2.46. The minimum atomic E-state index is -0.397. The number of benzene rings is 2. The molecule has 0 spiro atoms. The Hall–Kier alpha value is -2.73. The summed E-state index contributed by atoms with van der Waals surface area (Å²) in [5, 5.41) is 9.26. The van der Waals surface area contributed by atoms with Gasteiger partial charge in [-0.3, -0.25) is 4.79 Å². The van der Waals surface area contributed by atoms with Crippen molar-refractivity contribution < 1.29 is 9.18 Å². The average molecular weight is 394 g/mol. The van der Waals surface area contributed by atoms with Crippen LogP contribution in [0.5, 0.6) is 0 Å². The molecular formula is C23H27FN4O. The highest BCUT2D eigenvalue weighted by Gasteiger charge is 2.25. The van der Waals surface area contributed by atoms with Crippen LogP contribution in [0.15, 0.2) is 42.5 Å². The number of halogens is 1. The van der Waals surface area contributed by atoms with Gasteiger partial charge in [0, 0.05) is 25.2 Å². The molecule has 152 valence electrons. The number of nitrogens with one attached hydrogen (secondary N) is 1. The molecule has 0 bridgehead atoms. The Morgan fingerprint density at radius 1 is 1.14 bits per heavy atom. The number of aryl methyl sites for hydroxylation is 1. The number of likely N-dealkylation sites (tertiary alicyclic amines) is 1. The van der Waals surface area contributed by atoms with Gasteiger partial charge < -0.3 is 10.2 Å². The van der Waals surface area contributed by atoms with Crippen LogP contribution in [-0.4, -0.2) is 45.8 Å². The van der Waals surface area contributed by atoms with Crippen LogP contribution in [0.1, 0.15) is 42.9 Å². The molecule has 1 N–H and O–H groups in total. The van der Waals surface area contributed by atoms with Crippen molar-refractivity contribution >= 4 is 16.7 Å². The molecule has 6 heteroatoms. The highest BCUT2D eigenvalue weighted by molar-refractivity contribution is 5.94. The van der Waals surface area contributed by atoms with Crippen molar-refractivity contribution in [3.63, 3.8) is 0 Å². The van der Waals surface area contributed by atoms with E-state index < -0.39 is 5.82 Å². The average Bonchev–Trinajstić information content (AvgIpc) is 3.09. The molecule has 2 heterocycles. The Morgan fingerprint density at radius 2 is 1.79 bits per heavy atom. The van der Waals surface area contributed by atoms with E-state index >= 15 is 0 Å². The van der Waals surface area contributed by atoms with Crippen LogP contribution in [0.25, 0.3) is 16.5 Å². The van der Waals surface area contributed by atoms with Gasteiger partial charge in [-0.15, -0.1) is 0 Å². The van der Waals surface area contributed by atoms with Crippen LogP contribution in [0.2, 0.25) is 0 Å². The van der Waals surface area contributed by atoms with Crippen molar-refractivity contribution in [2.24, 2.45) is 0 Å². The van der Waals surface area contributed by atoms with E-state index in [2.05, 4.69) is 29.2 Å². The SMILES string of the molecule is Cc1cc(C(=O)NC2CCN(C(C)C)CC2)n(-c2cc3ccccc3cc2F)n1. The molecule has 0 atom stereocenters. The summed E-state index contributed by atoms with van der Waals surface area (Å²) in [5.41, 5.74) is 1.33. The van der Waals surface area contributed by atoms with Crippen LogP contribution in [0.3, 0.4) is 0 Å². The van der Waals surface area contributed by atoms with E-state index in [9.17, 15) is 9.18 Å². The Balaban J connectivity index is 1.59. The third kappa shape index (κ3) is 4.03. The van der Waals surface area contributed by atoms with Crippen LogP contribution >= 0.6 is 0 Å². The molecule has 1 fully saturated rings. The summed E-state index contributed by atoms with van der Waals surface area (Å²) in [5.74, 6) is -0.604. The molecule has 3 aromatic rings. The van der Waals surface area contributed by atoms with Crippen molar-refractivity contribution in [2.45, 2.75) is 45.7 Å². The van der Waals surface area contributed by atoms with E-state index in [1.165, 1.54) is 10.7 Å². The standard InChI is InChI=1S/C23H27FN4O/c1-15(2)27-10-8-19(9-11-27)25-23(29)22-12-16(3)26-28(22)21-14-18-7-5-4-6-17(18)13-20(21)24/h4-7,12-15,19H,8-11H2,1-3H3,(H,25,29). The number of hydrogen-bond acceptors (Lipinski definition) is 3. The molecule has 29 heavy (non-hydrogen) atoms. The highest BCUT2D eigenvalue weighted by Crippen LogP contribution is 2.24. The molecule has 4 rings (SSSR count). The lowest BCUT2D eigenvalue weighted by atomic mass is 10.0. The Kier molecular flexibility index (Phi) is 5.37. The Bertz CT molecular complexity index is 1030. The third-order valence-electron chi connectivity index (χ3n) is 5.70. The van der Waals surface area contributed by atoms with Gasteiger partial charge in [0.15, 0.2) is 0 Å². The van der Waals surface area contributed by atoms with Gasteiger partial charge in [-0.1, -0.05) is 24.3 Å². The first-order valence-electron chi connectivity index (χ1n) is 10.2. The van der Waals surface area contributed by atoms with Gasteiger partial charge in [-0.25, -0.2) is 9.07 Å². The van der Waals surface area contributed by atoms with Crippen molar-refractivity contribution in [1.82, 2.24) is 20.0 Å². The summed E-state index contributed by atoms with van der Waals surface area (Å²) in [6.07, 6.45) is 1.84. The van der Waals surface area contributed by atoms with E-state index in [0.717, 1.165) is 36.7 Å². The molecule has 0 unspecified atom stereocenters. The topological polar surface area (TPSA) is 50.2 Å². The number of rotatable bonds is 4. The zero-order valence-electron chi connectivity index (χ0n) is 17.2. The summed E-state index contributed by atoms with van der Waals surface area (Å²) in [4.78, 5) is 15.4. The number of fused-ring (bicyclic) bond motifs is 1. The first-order valence-corrected chi connectivity index (χ1v) is 10.2. The van der Waals surface area contributed by atoms with E-state index in [1.807, 2.05) is 31.2 Å². The lowest BCUT2D eigenvalue weighted by molar-refractivity contribution is 0.0893. The first-order chi connectivity index (χ1) is 13.9. The van der Waals surface area contributed by atoms with Gasteiger partial charge in [0.1, 0.15) is 17.2 Å². The van der Waals surface area contributed by atoms with E-state index in [1.54, 1.807) is 12.1 Å². The van der Waals surface area contributed by atoms with E-state index in [4.69, 9.17) is 0 Å². The molecular weight excluding hydrogens is 367 g/mol. The number of nitrogens with zero attached hydrogens (tertiary/aromatic N) is 3. The first kappa shape index (κ1) is 19.6. The molecule has 5 nitrogen and oxygen atoms in total. The largest absolute Gasteiger partial charge is 0.348 e. The summed E-state index contributed by atoms with van der Waals surface area (Å²) in [6, 6.07) is 13.2. The highest BCUT2D eigenvalue weighted by atomic mass is 19.1. The molecule has 2 aromatic carbocycles. The summed E-state index contributed by atoms with van der Waals surface area (Å²) in [6.45, 7) is 8.14. The summed E-state index contributed by atoms with van der Waals surface area (Å²) < 4.78 is 16.3. The maximum atomic E-state index is 14.8. The van der Waals surface area contributed by atoms with E-state index in [-0.39, 0.29) is 17.6 Å². The monoisotopic (exact) mass is 394 g/mol. The minimum absolute atomic E-state index is 0.127. The minimum Gasteiger partial charge on any atom is -0.348 e. The van der Waals surface area contributed by atoms with Gasteiger partial charge >= 0.3 is 0 Å². The Labute approximate surface area is 170 Å². The molecule has 0 saturated carbocycles. The second-order valence-electron chi connectivity index (χ2n) is 8.11. The molecule has 0 aliphatic carbocycles. The number of piperidine rings is 1. The lowest BCUT2D eigenvalue weighted by Gasteiger charge is -2.34. The Morgan fingerprint density at radius 3 is 2.45 bits per heavy atom. The van der Waals surface area contributed by atoms with E-state index in [0.29, 0.717) is 17.4 Å². The maximum Gasteiger partial charge on any atom is 0.270 e. The number of hydrogen-bond donors (Lipinski definition) is 1. The second-order valence-corrected chi connectivity index (χ2v) is 8.11. The quantitative estimate of drug-likeness (QED) is 0.726. The smallest absolute Gasteiger partial charge is 0.270 e. The number of amides is 1. The maximum absolute atomic E-state index is 14.8. The molecule has 1 saturated heterocycles. The zero-order valence-corrected chi connectivity index (χ0v) is 17.2. The zero-order chi connectivity index (χ0) is 20.5. The normalized spacial score (nSPS) is 15.9. The van der Waals surface area contributed by atoms with Gasteiger partial charge in [0.05, 0.1) is 5.69 Å². The van der Waals surface area contributed by atoms with Gasteiger partial charge in [0.2, 0.25) is 0 Å². The van der Waals surface area contributed by atoms with Crippen molar-refractivity contribution in [3.8, 4) is 5.69 Å². The van der Waals surface area contributed by atoms with Gasteiger partial charge in [0.25, 0.3) is 5.91 Å². The fourth-order valence-corrected chi connectivity index (χ4v) is 4.03.